The predicted molar refractivity (Wildman–Crippen MR) is 86.5 cm³/mol. The molecule has 3 atom stereocenters. The van der Waals surface area contributed by atoms with E-state index in [1.165, 1.54) is 17.8 Å². The van der Waals surface area contributed by atoms with Crippen LogP contribution in [0, 0.1) is 5.92 Å². The molecule has 1 heterocycles. The van der Waals surface area contributed by atoms with Gasteiger partial charge in [0.15, 0.2) is 0 Å². The van der Waals surface area contributed by atoms with Crippen LogP contribution in [0.2, 0.25) is 5.02 Å². The van der Waals surface area contributed by atoms with Gasteiger partial charge in [0.05, 0.1) is 16.5 Å². The van der Waals surface area contributed by atoms with Crippen LogP contribution < -0.4 is 4.74 Å². The average molecular weight is 387 g/mol. The molecule has 0 radical (unpaired) electrons. The SMILES string of the molecule is O=C(O)C1C2c3ccc(Oc4ccc(C(F)(F)F)cc4Cl)cc3S[C@@H]12. The molecule has 0 saturated heterocycles. The van der Waals surface area contributed by atoms with Gasteiger partial charge >= 0.3 is 12.1 Å². The Kier molecular flexibility index (Phi) is 3.70. The van der Waals surface area contributed by atoms with Crippen molar-refractivity contribution in [1.29, 1.82) is 0 Å². The van der Waals surface area contributed by atoms with Crippen LogP contribution in [0.25, 0.3) is 0 Å². The molecule has 3 nitrogen and oxygen atoms in total. The third-order valence-corrected chi connectivity index (χ3v) is 6.09. The largest absolute Gasteiger partial charge is 0.481 e. The summed E-state index contributed by atoms with van der Waals surface area (Å²) in [6.07, 6.45) is -4.46. The van der Waals surface area contributed by atoms with Gasteiger partial charge in [0.2, 0.25) is 0 Å². The van der Waals surface area contributed by atoms with Crippen LogP contribution in [0.15, 0.2) is 41.3 Å². The molecule has 1 N–H and O–H groups in total. The highest BCUT2D eigenvalue weighted by Gasteiger charge is 2.60. The third kappa shape index (κ3) is 2.85. The molecule has 2 aromatic rings. The number of benzene rings is 2. The number of carboxylic acids is 1. The molecule has 0 spiro atoms. The first-order valence-electron chi connectivity index (χ1n) is 7.34. The Morgan fingerprint density at radius 1 is 1.20 bits per heavy atom. The van der Waals surface area contributed by atoms with E-state index in [1.54, 1.807) is 12.1 Å². The summed E-state index contributed by atoms with van der Waals surface area (Å²) >= 11 is 7.39. The van der Waals surface area contributed by atoms with E-state index in [-0.39, 0.29) is 27.9 Å². The van der Waals surface area contributed by atoms with E-state index in [0.717, 1.165) is 22.6 Å². The van der Waals surface area contributed by atoms with Crippen LogP contribution in [-0.2, 0) is 11.0 Å². The average Bonchev–Trinajstić information content (AvgIpc) is 3.12. The molecule has 2 aromatic carbocycles. The van der Waals surface area contributed by atoms with Crippen molar-refractivity contribution in [3.05, 3.63) is 52.5 Å². The minimum absolute atomic E-state index is 0.0289. The number of carbonyl (C=O) groups is 1. The monoisotopic (exact) mass is 386 g/mol. The number of alkyl halides is 3. The van der Waals surface area contributed by atoms with Gasteiger partial charge in [-0.15, -0.1) is 11.8 Å². The first-order valence-corrected chi connectivity index (χ1v) is 8.59. The number of hydrogen-bond donors (Lipinski definition) is 1. The second-order valence-corrected chi connectivity index (χ2v) is 7.54. The molecule has 0 amide bonds. The van der Waals surface area contributed by atoms with E-state index in [0.29, 0.717) is 5.75 Å². The molecule has 0 bridgehead atoms. The molecule has 130 valence electrons. The number of carboxylic acid groups (broad SMARTS) is 1. The van der Waals surface area contributed by atoms with Crippen molar-refractivity contribution in [1.82, 2.24) is 0 Å². The summed E-state index contributed by atoms with van der Waals surface area (Å²) in [6.45, 7) is 0. The molecule has 2 unspecified atom stereocenters. The summed E-state index contributed by atoms with van der Waals surface area (Å²) in [5, 5.41) is 9.04. The first-order chi connectivity index (χ1) is 11.8. The maximum Gasteiger partial charge on any atom is 0.416 e. The Bertz CT molecular complexity index is 884. The number of fused-ring (bicyclic) bond motifs is 3. The van der Waals surface area contributed by atoms with Gasteiger partial charge in [0.1, 0.15) is 11.5 Å². The molecule has 8 heteroatoms. The van der Waals surface area contributed by atoms with Gasteiger partial charge < -0.3 is 9.84 Å². The summed E-state index contributed by atoms with van der Waals surface area (Å²) in [6, 6.07) is 8.17. The van der Waals surface area contributed by atoms with E-state index in [4.69, 9.17) is 21.4 Å². The lowest BCUT2D eigenvalue weighted by molar-refractivity contribution is -0.139. The quantitative estimate of drug-likeness (QED) is 0.764. The van der Waals surface area contributed by atoms with Crippen LogP contribution in [-0.4, -0.2) is 16.3 Å². The molecule has 4 rings (SSSR count). The number of halogens is 4. The zero-order valence-electron chi connectivity index (χ0n) is 12.4. The van der Waals surface area contributed by atoms with Crippen LogP contribution in [0.5, 0.6) is 11.5 Å². The van der Waals surface area contributed by atoms with Gasteiger partial charge in [-0.05, 0) is 35.9 Å². The highest BCUT2D eigenvalue weighted by atomic mass is 35.5. The second kappa shape index (κ2) is 5.57. The van der Waals surface area contributed by atoms with Gasteiger partial charge in [-0.25, -0.2) is 0 Å². The Labute approximate surface area is 149 Å². The Hall–Kier alpha value is -1.86. The van der Waals surface area contributed by atoms with Crippen molar-refractivity contribution in [3.63, 3.8) is 0 Å². The smallest absolute Gasteiger partial charge is 0.416 e. The fourth-order valence-corrected chi connectivity index (χ4v) is 4.92. The topological polar surface area (TPSA) is 46.5 Å². The van der Waals surface area contributed by atoms with Crippen molar-refractivity contribution in [2.24, 2.45) is 5.92 Å². The molecule has 1 aliphatic carbocycles. The van der Waals surface area contributed by atoms with Crippen LogP contribution >= 0.6 is 23.4 Å². The van der Waals surface area contributed by atoms with Crippen molar-refractivity contribution >= 4 is 29.3 Å². The van der Waals surface area contributed by atoms with E-state index < -0.39 is 17.7 Å². The number of thioether (sulfide) groups is 1. The molecule has 0 aromatic heterocycles. The highest BCUT2D eigenvalue weighted by molar-refractivity contribution is 8.00. The van der Waals surface area contributed by atoms with E-state index in [2.05, 4.69) is 0 Å². The number of aliphatic carboxylic acids is 1. The molecule has 2 aliphatic rings. The number of ether oxygens (including phenoxy) is 1. The Balaban J connectivity index is 1.55. The molecule has 25 heavy (non-hydrogen) atoms. The minimum atomic E-state index is -4.46. The van der Waals surface area contributed by atoms with Gasteiger partial charge in [-0.3, -0.25) is 4.79 Å². The first kappa shape index (κ1) is 16.6. The highest BCUT2D eigenvalue weighted by Crippen LogP contribution is 2.65. The normalized spacial score (nSPS) is 23.8. The van der Waals surface area contributed by atoms with Gasteiger partial charge in [0.25, 0.3) is 0 Å². The summed E-state index contributed by atoms with van der Waals surface area (Å²) in [4.78, 5) is 12.0. The molecular weight excluding hydrogens is 377 g/mol. The molecule has 1 saturated carbocycles. The third-order valence-electron chi connectivity index (χ3n) is 4.33. The van der Waals surface area contributed by atoms with Crippen molar-refractivity contribution in [2.45, 2.75) is 22.2 Å². The Morgan fingerprint density at radius 2 is 1.96 bits per heavy atom. The number of hydrogen-bond acceptors (Lipinski definition) is 3. The summed E-state index contributed by atoms with van der Waals surface area (Å²) in [5.74, 6) is -0.521. The fraction of sp³-hybridized carbons (Fsp3) is 0.235. The van der Waals surface area contributed by atoms with Crippen LogP contribution in [0.1, 0.15) is 17.0 Å². The minimum Gasteiger partial charge on any atom is -0.481 e. The van der Waals surface area contributed by atoms with E-state index >= 15 is 0 Å². The van der Waals surface area contributed by atoms with Gasteiger partial charge in [0, 0.05) is 16.1 Å². The number of rotatable bonds is 3. The van der Waals surface area contributed by atoms with E-state index in [9.17, 15) is 18.0 Å². The lowest BCUT2D eigenvalue weighted by Gasteiger charge is -2.12. The second-order valence-electron chi connectivity index (χ2n) is 5.92. The zero-order chi connectivity index (χ0) is 17.9. The maximum atomic E-state index is 12.7. The standard InChI is InChI=1S/C17H10ClF3O3S/c18-10-5-7(17(19,20)21)1-4-11(10)24-8-2-3-9-12(6-8)25-15-13(9)14(15)16(22)23/h1-6,13-15H,(H,22,23)/t13?,14?,15-/m1/s1. The zero-order valence-corrected chi connectivity index (χ0v) is 14.0. The van der Waals surface area contributed by atoms with Crippen molar-refractivity contribution < 1.29 is 27.8 Å². The Morgan fingerprint density at radius 3 is 2.60 bits per heavy atom. The van der Waals surface area contributed by atoms with Crippen molar-refractivity contribution in [3.8, 4) is 11.5 Å². The predicted octanol–water partition coefficient (Wildman–Crippen LogP) is 5.42. The summed E-state index contributed by atoms with van der Waals surface area (Å²) < 4.78 is 43.6. The molecule has 1 fully saturated rings. The van der Waals surface area contributed by atoms with Gasteiger partial charge in [-0.2, -0.15) is 13.2 Å². The summed E-state index contributed by atoms with van der Waals surface area (Å²) in [7, 11) is 0. The lowest BCUT2D eigenvalue weighted by atomic mass is 10.1. The summed E-state index contributed by atoms with van der Waals surface area (Å²) in [5.41, 5.74) is 0.141. The fourth-order valence-electron chi connectivity index (χ4n) is 3.08. The molecule has 1 aliphatic heterocycles. The molecular formula is C17H10ClF3O3S. The maximum absolute atomic E-state index is 12.7. The van der Waals surface area contributed by atoms with Gasteiger partial charge in [-0.1, -0.05) is 17.7 Å². The van der Waals surface area contributed by atoms with Crippen LogP contribution in [0.4, 0.5) is 13.2 Å². The lowest BCUT2D eigenvalue weighted by Crippen LogP contribution is -2.04. The van der Waals surface area contributed by atoms with E-state index in [1.807, 2.05) is 6.07 Å². The van der Waals surface area contributed by atoms with Crippen LogP contribution in [0.3, 0.4) is 0 Å². The van der Waals surface area contributed by atoms with Crippen molar-refractivity contribution in [2.75, 3.05) is 0 Å².